The van der Waals surface area contributed by atoms with Gasteiger partial charge >= 0.3 is 0 Å². The van der Waals surface area contributed by atoms with Crippen LogP contribution >= 0.6 is 22.9 Å². The highest BCUT2D eigenvalue weighted by molar-refractivity contribution is 7.17. The van der Waals surface area contributed by atoms with E-state index in [1.165, 1.54) is 10.1 Å². The van der Waals surface area contributed by atoms with Crippen LogP contribution in [-0.2, 0) is 0 Å². The fourth-order valence-electron chi connectivity index (χ4n) is 1.31. The summed E-state index contributed by atoms with van der Waals surface area (Å²) in [5, 5.41) is 3.34. The first kappa shape index (κ1) is 9.58. The van der Waals surface area contributed by atoms with Crippen LogP contribution in [0.5, 0.6) is 0 Å². The zero-order valence-corrected chi connectivity index (χ0v) is 9.16. The van der Waals surface area contributed by atoms with Crippen LogP contribution in [0.15, 0.2) is 29.6 Å². The average molecular weight is 221 g/mol. The van der Waals surface area contributed by atoms with Gasteiger partial charge in [-0.3, -0.25) is 0 Å². The molecular formula is C12H9ClS. The Bertz CT molecular complexity index is 487. The first-order valence-electron chi connectivity index (χ1n) is 4.43. The third-order valence-corrected chi connectivity index (χ3v) is 3.01. The highest BCUT2D eigenvalue weighted by Crippen LogP contribution is 2.23. The van der Waals surface area contributed by atoms with Crippen LogP contribution in [0.4, 0.5) is 0 Å². The molecule has 0 unspecified atom stereocenters. The lowest BCUT2D eigenvalue weighted by Crippen LogP contribution is -1.75. The smallest absolute Gasteiger partial charge is 0.0355 e. The quantitative estimate of drug-likeness (QED) is 0.506. The number of hydrogen-bond acceptors (Lipinski definition) is 1. The number of thiophene rings is 1. The fraction of sp³-hybridized carbons (Fsp3) is 0.167. The third-order valence-electron chi connectivity index (χ3n) is 1.94. The van der Waals surface area contributed by atoms with Crippen molar-refractivity contribution in [1.29, 1.82) is 0 Å². The maximum absolute atomic E-state index is 5.56. The highest BCUT2D eigenvalue weighted by Gasteiger charge is 1.97. The van der Waals surface area contributed by atoms with Crippen molar-refractivity contribution < 1.29 is 0 Å². The monoisotopic (exact) mass is 220 g/mol. The average Bonchev–Trinajstić information content (AvgIpc) is 2.67. The lowest BCUT2D eigenvalue weighted by molar-refractivity contribution is 1.29. The van der Waals surface area contributed by atoms with E-state index in [4.69, 9.17) is 11.6 Å². The molecule has 2 heteroatoms. The molecule has 2 rings (SSSR count). The maximum Gasteiger partial charge on any atom is 0.0355 e. The van der Waals surface area contributed by atoms with Crippen LogP contribution in [0, 0.1) is 11.8 Å². The standard InChI is InChI=1S/C12H9ClS/c13-8-2-1-4-10-5-3-6-12-11(10)7-9-14-12/h3,5-7,9H,2,8H2. The third kappa shape index (κ3) is 1.92. The predicted molar refractivity (Wildman–Crippen MR) is 64.0 cm³/mol. The van der Waals surface area contributed by atoms with Crippen molar-refractivity contribution in [3.63, 3.8) is 0 Å². The molecular weight excluding hydrogens is 212 g/mol. The summed E-state index contributed by atoms with van der Waals surface area (Å²) in [5.74, 6) is 6.81. The van der Waals surface area contributed by atoms with Crippen LogP contribution in [-0.4, -0.2) is 5.88 Å². The Morgan fingerprint density at radius 2 is 2.21 bits per heavy atom. The van der Waals surface area contributed by atoms with Crippen LogP contribution in [0.1, 0.15) is 12.0 Å². The number of alkyl halides is 1. The van der Waals surface area contributed by atoms with E-state index in [1.807, 2.05) is 6.07 Å². The molecule has 1 aromatic carbocycles. The van der Waals surface area contributed by atoms with E-state index in [0.717, 1.165) is 12.0 Å². The summed E-state index contributed by atoms with van der Waals surface area (Å²) in [6.45, 7) is 0. The largest absolute Gasteiger partial charge is 0.144 e. The summed E-state index contributed by atoms with van der Waals surface area (Å²) in [7, 11) is 0. The molecule has 0 aliphatic rings. The lowest BCUT2D eigenvalue weighted by atomic mass is 10.1. The molecule has 0 bridgehead atoms. The van der Waals surface area contributed by atoms with E-state index < -0.39 is 0 Å². The first-order valence-corrected chi connectivity index (χ1v) is 5.84. The minimum Gasteiger partial charge on any atom is -0.144 e. The Balaban J connectivity index is 2.43. The zero-order chi connectivity index (χ0) is 9.80. The normalized spacial score (nSPS) is 9.79. The van der Waals surface area contributed by atoms with Gasteiger partial charge in [-0.15, -0.1) is 22.9 Å². The van der Waals surface area contributed by atoms with Crippen LogP contribution in [0.25, 0.3) is 10.1 Å². The molecule has 70 valence electrons. The molecule has 0 spiro atoms. The van der Waals surface area contributed by atoms with Gasteiger partial charge in [-0.25, -0.2) is 0 Å². The molecule has 1 heterocycles. The Labute approximate surface area is 92.5 Å². The summed E-state index contributed by atoms with van der Waals surface area (Å²) in [6, 6.07) is 8.33. The molecule has 0 amide bonds. The van der Waals surface area contributed by atoms with Crippen LogP contribution in [0.3, 0.4) is 0 Å². The molecule has 0 saturated carbocycles. The Hall–Kier alpha value is -0.970. The predicted octanol–water partition coefficient (Wildman–Crippen LogP) is 3.88. The molecule has 0 aliphatic carbocycles. The second-order valence-corrected chi connectivity index (χ2v) is 4.20. The molecule has 0 aliphatic heterocycles. The summed E-state index contributed by atoms with van der Waals surface area (Å²) < 4.78 is 1.29. The topological polar surface area (TPSA) is 0 Å². The molecule has 0 saturated heterocycles. The SMILES string of the molecule is ClCCC#Cc1cccc2sccc12. The van der Waals surface area contributed by atoms with Crippen molar-refractivity contribution >= 4 is 33.0 Å². The Kier molecular flexibility index (Phi) is 3.08. The minimum absolute atomic E-state index is 0.604. The number of halogens is 1. The van der Waals surface area contributed by atoms with Gasteiger partial charge < -0.3 is 0 Å². The van der Waals surface area contributed by atoms with E-state index in [9.17, 15) is 0 Å². The number of benzene rings is 1. The number of hydrogen-bond donors (Lipinski definition) is 0. The van der Waals surface area contributed by atoms with E-state index in [0.29, 0.717) is 5.88 Å². The van der Waals surface area contributed by atoms with Crippen LogP contribution in [0.2, 0.25) is 0 Å². The van der Waals surface area contributed by atoms with E-state index in [-0.39, 0.29) is 0 Å². The summed E-state index contributed by atoms with van der Waals surface area (Å²) in [4.78, 5) is 0. The van der Waals surface area contributed by atoms with Crippen molar-refractivity contribution in [1.82, 2.24) is 0 Å². The number of fused-ring (bicyclic) bond motifs is 1. The van der Waals surface area contributed by atoms with Gasteiger partial charge in [0, 0.05) is 28.0 Å². The minimum atomic E-state index is 0.604. The molecule has 0 N–H and O–H groups in total. The van der Waals surface area contributed by atoms with E-state index in [1.54, 1.807) is 11.3 Å². The Morgan fingerprint density at radius 3 is 3.07 bits per heavy atom. The van der Waals surface area contributed by atoms with Gasteiger partial charge in [-0.2, -0.15) is 0 Å². The number of rotatable bonds is 1. The lowest BCUT2D eigenvalue weighted by Gasteiger charge is -1.92. The van der Waals surface area contributed by atoms with E-state index >= 15 is 0 Å². The molecule has 0 radical (unpaired) electrons. The molecule has 2 aromatic rings. The van der Waals surface area contributed by atoms with Gasteiger partial charge in [0.25, 0.3) is 0 Å². The van der Waals surface area contributed by atoms with Crippen molar-refractivity contribution in [2.45, 2.75) is 6.42 Å². The Morgan fingerprint density at radius 1 is 1.29 bits per heavy atom. The molecule has 14 heavy (non-hydrogen) atoms. The van der Waals surface area contributed by atoms with Crippen molar-refractivity contribution in [3.05, 3.63) is 35.2 Å². The second-order valence-electron chi connectivity index (χ2n) is 2.88. The van der Waals surface area contributed by atoms with Crippen LogP contribution < -0.4 is 0 Å². The van der Waals surface area contributed by atoms with Crippen molar-refractivity contribution in [3.8, 4) is 11.8 Å². The van der Waals surface area contributed by atoms with Gasteiger partial charge in [0.05, 0.1) is 0 Å². The highest BCUT2D eigenvalue weighted by atomic mass is 35.5. The van der Waals surface area contributed by atoms with Gasteiger partial charge in [0.1, 0.15) is 0 Å². The molecule has 1 aromatic heterocycles. The van der Waals surface area contributed by atoms with Crippen molar-refractivity contribution in [2.75, 3.05) is 5.88 Å². The van der Waals surface area contributed by atoms with Gasteiger partial charge in [0.2, 0.25) is 0 Å². The molecule has 0 atom stereocenters. The van der Waals surface area contributed by atoms with Gasteiger partial charge in [-0.1, -0.05) is 17.9 Å². The molecule has 0 fully saturated rings. The van der Waals surface area contributed by atoms with E-state index in [2.05, 4.69) is 35.4 Å². The summed E-state index contributed by atoms with van der Waals surface area (Å²) >= 11 is 7.31. The first-order chi connectivity index (χ1) is 6.92. The summed E-state index contributed by atoms with van der Waals surface area (Å²) in [6.07, 6.45) is 0.752. The maximum atomic E-state index is 5.56. The van der Waals surface area contributed by atoms with Crippen molar-refractivity contribution in [2.24, 2.45) is 0 Å². The zero-order valence-electron chi connectivity index (χ0n) is 7.59. The van der Waals surface area contributed by atoms with Gasteiger partial charge in [0.15, 0.2) is 0 Å². The summed E-state index contributed by atoms with van der Waals surface area (Å²) in [5.41, 5.74) is 1.11. The molecule has 0 nitrogen and oxygen atoms in total. The second kappa shape index (κ2) is 4.50. The van der Waals surface area contributed by atoms with Gasteiger partial charge in [-0.05, 0) is 23.6 Å². The fourth-order valence-corrected chi connectivity index (χ4v) is 2.22.